The molecule has 0 radical (unpaired) electrons. The second-order valence-electron chi connectivity index (χ2n) is 22.9. The summed E-state index contributed by atoms with van der Waals surface area (Å²) in [5, 5.41) is 54.7. The van der Waals surface area contributed by atoms with E-state index in [-0.39, 0.29) is 12.5 Å². The van der Waals surface area contributed by atoms with Crippen molar-refractivity contribution in [3.8, 4) is 0 Å². The summed E-state index contributed by atoms with van der Waals surface area (Å²) in [7, 11) is 0. The lowest BCUT2D eigenvalue weighted by atomic mass is 9.99. The number of nitrogens with one attached hydrogen (secondary N) is 1. The molecule has 7 unspecified atom stereocenters. The maximum atomic E-state index is 13.1. The van der Waals surface area contributed by atoms with Gasteiger partial charge in [0.2, 0.25) is 5.91 Å². The maximum Gasteiger partial charge on any atom is 0.220 e. The van der Waals surface area contributed by atoms with E-state index in [1.54, 1.807) is 0 Å². The van der Waals surface area contributed by atoms with E-state index in [2.05, 4.69) is 19.2 Å². The smallest absolute Gasteiger partial charge is 0.220 e. The Labute approximate surface area is 446 Å². The Hall–Kier alpha value is -0.810. The Morgan fingerprint density at radius 2 is 0.694 bits per heavy atom. The lowest BCUT2D eigenvalue weighted by Gasteiger charge is -2.40. The molecule has 0 aliphatic carbocycles. The first-order valence-electron chi connectivity index (χ1n) is 32.2. The summed E-state index contributed by atoms with van der Waals surface area (Å²) < 4.78 is 11.3. The van der Waals surface area contributed by atoms with E-state index in [0.717, 1.165) is 38.5 Å². The quantitative estimate of drug-likeness (QED) is 0.0330. The molecular formula is C63H125NO8. The molecule has 1 amide bonds. The van der Waals surface area contributed by atoms with Crippen LogP contribution in [-0.4, -0.2) is 87.5 Å². The molecule has 1 rings (SSSR count). The molecule has 72 heavy (non-hydrogen) atoms. The van der Waals surface area contributed by atoms with Crippen LogP contribution in [0.25, 0.3) is 0 Å². The first-order chi connectivity index (χ1) is 35.3. The van der Waals surface area contributed by atoms with Crippen LogP contribution in [0.4, 0.5) is 0 Å². The van der Waals surface area contributed by atoms with Gasteiger partial charge in [0.1, 0.15) is 24.4 Å². The van der Waals surface area contributed by atoms with Crippen LogP contribution >= 0.6 is 0 Å². The van der Waals surface area contributed by atoms with Crippen molar-refractivity contribution in [1.82, 2.24) is 5.32 Å². The van der Waals surface area contributed by atoms with Crippen LogP contribution in [0.15, 0.2) is 0 Å². The zero-order valence-corrected chi connectivity index (χ0v) is 48.0. The summed E-state index contributed by atoms with van der Waals surface area (Å²) in [5.74, 6) is -0.136. The van der Waals surface area contributed by atoms with Crippen LogP contribution in [0.1, 0.15) is 341 Å². The first kappa shape index (κ1) is 69.2. The van der Waals surface area contributed by atoms with Gasteiger partial charge < -0.3 is 40.3 Å². The molecule has 0 bridgehead atoms. The van der Waals surface area contributed by atoms with E-state index in [1.807, 2.05) is 0 Å². The topological polar surface area (TPSA) is 149 Å². The van der Waals surface area contributed by atoms with Crippen LogP contribution in [0.5, 0.6) is 0 Å². The van der Waals surface area contributed by atoms with E-state index < -0.39 is 49.5 Å². The minimum Gasteiger partial charge on any atom is -0.394 e. The predicted molar refractivity (Wildman–Crippen MR) is 304 cm³/mol. The number of carbonyl (C=O) groups is 1. The average molecular weight is 1020 g/mol. The Morgan fingerprint density at radius 3 is 0.986 bits per heavy atom. The standard InChI is InChI=1S/C63H125NO8/c1-3-5-7-9-11-13-15-17-19-20-21-22-23-24-25-26-27-28-29-30-31-32-33-34-35-36-37-38-39-41-43-45-47-49-51-53-59(67)64-56(55-71-63-62(70)61(69)60(68)58(54-65)72-63)57(66)52-50-48-46-44-42-40-18-16-14-12-10-8-6-4-2/h56-58,60-63,65-66,68-70H,3-55H2,1-2H3,(H,64,67). The summed E-state index contributed by atoms with van der Waals surface area (Å²) in [6.45, 7) is 3.88. The Kier molecular flexibility index (Phi) is 51.5. The molecule has 0 aromatic heterocycles. The lowest BCUT2D eigenvalue weighted by molar-refractivity contribution is -0.302. The third kappa shape index (κ3) is 42.3. The highest BCUT2D eigenvalue weighted by Gasteiger charge is 2.44. The number of rotatable bonds is 57. The first-order valence-corrected chi connectivity index (χ1v) is 32.2. The third-order valence-corrected chi connectivity index (χ3v) is 16.0. The number of unbranched alkanes of at least 4 members (excludes halogenated alkanes) is 47. The fraction of sp³-hybridized carbons (Fsp3) is 0.984. The second-order valence-corrected chi connectivity index (χ2v) is 22.9. The zero-order valence-electron chi connectivity index (χ0n) is 48.0. The number of ether oxygens (including phenoxy) is 2. The molecule has 1 aliphatic rings. The van der Waals surface area contributed by atoms with E-state index in [4.69, 9.17) is 9.47 Å². The van der Waals surface area contributed by atoms with Gasteiger partial charge in [-0.1, -0.05) is 322 Å². The highest BCUT2D eigenvalue weighted by atomic mass is 16.7. The van der Waals surface area contributed by atoms with Crippen molar-refractivity contribution in [2.24, 2.45) is 0 Å². The fourth-order valence-electron chi connectivity index (χ4n) is 10.9. The maximum absolute atomic E-state index is 13.1. The molecule has 0 spiro atoms. The highest BCUT2D eigenvalue weighted by Crippen LogP contribution is 2.24. The van der Waals surface area contributed by atoms with Crippen molar-refractivity contribution in [2.75, 3.05) is 13.2 Å². The van der Waals surface area contributed by atoms with Gasteiger partial charge in [-0.05, 0) is 12.8 Å². The number of aliphatic hydroxyl groups is 5. The second kappa shape index (κ2) is 53.6. The van der Waals surface area contributed by atoms with E-state index in [1.165, 1.54) is 276 Å². The van der Waals surface area contributed by atoms with Crippen LogP contribution in [0, 0.1) is 0 Å². The minimum atomic E-state index is -1.55. The molecule has 0 aromatic carbocycles. The van der Waals surface area contributed by atoms with Gasteiger partial charge in [-0.3, -0.25) is 4.79 Å². The minimum absolute atomic E-state index is 0.131. The fourth-order valence-corrected chi connectivity index (χ4v) is 10.9. The van der Waals surface area contributed by atoms with Gasteiger partial charge in [-0.15, -0.1) is 0 Å². The largest absolute Gasteiger partial charge is 0.394 e. The van der Waals surface area contributed by atoms with Crippen LogP contribution in [0.2, 0.25) is 0 Å². The van der Waals surface area contributed by atoms with Crippen LogP contribution in [0.3, 0.4) is 0 Å². The van der Waals surface area contributed by atoms with Crippen molar-refractivity contribution in [3.63, 3.8) is 0 Å². The van der Waals surface area contributed by atoms with Gasteiger partial charge in [-0.2, -0.15) is 0 Å². The molecule has 9 heteroatoms. The van der Waals surface area contributed by atoms with E-state index >= 15 is 0 Å². The SMILES string of the molecule is CCCCCCCCCCCCCCCCCCCCCCCCCCCCCCCCCCCCCC(=O)NC(COC1OC(CO)C(O)C(O)C1O)C(O)CCCCCCCCCCCCCCCC. The molecule has 1 saturated heterocycles. The van der Waals surface area contributed by atoms with Crippen molar-refractivity contribution >= 4 is 5.91 Å². The predicted octanol–water partition coefficient (Wildman–Crippen LogP) is 16.6. The highest BCUT2D eigenvalue weighted by molar-refractivity contribution is 5.76. The van der Waals surface area contributed by atoms with E-state index in [0.29, 0.717) is 12.8 Å². The number of hydrogen-bond donors (Lipinski definition) is 6. The molecule has 0 aromatic rings. The van der Waals surface area contributed by atoms with Gasteiger partial charge in [0.05, 0.1) is 25.4 Å². The van der Waals surface area contributed by atoms with Crippen molar-refractivity contribution in [3.05, 3.63) is 0 Å². The van der Waals surface area contributed by atoms with Crippen molar-refractivity contribution < 1.29 is 39.8 Å². The Morgan fingerprint density at radius 1 is 0.417 bits per heavy atom. The van der Waals surface area contributed by atoms with Gasteiger partial charge in [0, 0.05) is 6.42 Å². The normalized spacial score (nSPS) is 19.0. The third-order valence-electron chi connectivity index (χ3n) is 16.0. The summed E-state index contributed by atoms with van der Waals surface area (Å²) in [5.41, 5.74) is 0. The molecule has 0 saturated carbocycles. The average Bonchev–Trinajstić information content (AvgIpc) is 3.38. The molecule has 430 valence electrons. The number of aliphatic hydroxyl groups excluding tert-OH is 5. The molecule has 7 atom stereocenters. The number of amides is 1. The number of hydrogen-bond acceptors (Lipinski definition) is 8. The van der Waals surface area contributed by atoms with Crippen LogP contribution < -0.4 is 5.32 Å². The van der Waals surface area contributed by atoms with Crippen LogP contribution in [-0.2, 0) is 14.3 Å². The number of carbonyl (C=O) groups excluding carboxylic acids is 1. The summed E-state index contributed by atoms with van der Waals surface area (Å²) >= 11 is 0. The van der Waals surface area contributed by atoms with Gasteiger partial charge in [0.25, 0.3) is 0 Å². The lowest BCUT2D eigenvalue weighted by Crippen LogP contribution is -2.60. The molecule has 6 N–H and O–H groups in total. The Bertz CT molecular complexity index is 1100. The van der Waals surface area contributed by atoms with Crippen molar-refractivity contribution in [1.29, 1.82) is 0 Å². The molecular weight excluding hydrogens is 899 g/mol. The van der Waals surface area contributed by atoms with Gasteiger partial charge >= 0.3 is 0 Å². The zero-order chi connectivity index (χ0) is 52.2. The van der Waals surface area contributed by atoms with Crippen molar-refractivity contribution in [2.45, 2.75) is 384 Å². The van der Waals surface area contributed by atoms with Gasteiger partial charge in [0.15, 0.2) is 6.29 Å². The molecule has 1 aliphatic heterocycles. The molecule has 9 nitrogen and oxygen atoms in total. The van der Waals surface area contributed by atoms with E-state index in [9.17, 15) is 30.3 Å². The summed E-state index contributed by atoms with van der Waals surface area (Å²) in [6.07, 6.45) is 58.9. The summed E-state index contributed by atoms with van der Waals surface area (Å²) in [6, 6.07) is -0.713. The monoisotopic (exact) mass is 1020 g/mol. The van der Waals surface area contributed by atoms with Gasteiger partial charge in [-0.25, -0.2) is 0 Å². The summed E-state index contributed by atoms with van der Waals surface area (Å²) in [4.78, 5) is 13.1. The molecule has 1 fully saturated rings. The molecule has 1 heterocycles. The Balaban J connectivity index is 2.04.